The number of aromatic nitrogens is 1. The van der Waals surface area contributed by atoms with Crippen molar-refractivity contribution in [1.82, 2.24) is 20.9 Å². The predicted molar refractivity (Wildman–Crippen MR) is 148 cm³/mol. The van der Waals surface area contributed by atoms with Crippen LogP contribution in [0, 0.1) is 0 Å². The van der Waals surface area contributed by atoms with Crippen LogP contribution in [0.2, 0.25) is 0 Å². The average Bonchev–Trinajstić information content (AvgIpc) is 2.99. The molecule has 208 valence electrons. The van der Waals surface area contributed by atoms with Crippen LogP contribution in [-0.2, 0) is 19.2 Å². The molecule has 3 N–H and O–H groups in total. The van der Waals surface area contributed by atoms with E-state index in [4.69, 9.17) is 0 Å². The minimum atomic E-state index is -4.08. The van der Waals surface area contributed by atoms with Crippen molar-refractivity contribution in [2.24, 2.45) is 0 Å². The summed E-state index contributed by atoms with van der Waals surface area (Å²) in [6, 6.07) is 19.1. The van der Waals surface area contributed by atoms with E-state index >= 15 is 0 Å². The molecule has 0 bridgehead atoms. The topological polar surface area (TPSA) is 147 Å². The number of likely N-dealkylation sites (tertiary alicyclic amines) is 1. The Bertz CT molecular complexity index is 1470. The van der Waals surface area contributed by atoms with E-state index in [1.807, 2.05) is 10.5 Å². The van der Waals surface area contributed by atoms with E-state index < -0.39 is 16.0 Å². The summed E-state index contributed by atoms with van der Waals surface area (Å²) in [5, 5.41) is 2.80. The van der Waals surface area contributed by atoms with Gasteiger partial charge >= 0.3 is 10.1 Å². The fourth-order valence-corrected chi connectivity index (χ4v) is 4.68. The summed E-state index contributed by atoms with van der Waals surface area (Å²) in [6.07, 6.45) is 6.10. The first-order chi connectivity index (χ1) is 19.3. The molecule has 1 saturated heterocycles. The zero-order valence-corrected chi connectivity index (χ0v) is 22.4. The molecule has 0 radical (unpaired) electrons. The highest BCUT2D eigenvalue weighted by atomic mass is 32.2. The molecule has 0 unspecified atom stereocenters. The molecular formula is C28H29N5O6S. The van der Waals surface area contributed by atoms with Crippen molar-refractivity contribution in [2.75, 3.05) is 25.0 Å². The molecule has 0 aliphatic carbocycles. The molecule has 4 rings (SSSR count). The molecule has 0 saturated carbocycles. The third-order valence-corrected chi connectivity index (χ3v) is 7.19. The second-order valence-corrected chi connectivity index (χ2v) is 10.5. The van der Waals surface area contributed by atoms with Crippen LogP contribution in [0.5, 0.6) is 0 Å². The number of carbonyl (C=O) groups excluding carboxylic acids is 3. The highest BCUT2D eigenvalue weighted by Gasteiger charge is 2.18. The van der Waals surface area contributed by atoms with Crippen molar-refractivity contribution >= 4 is 39.6 Å². The highest BCUT2D eigenvalue weighted by molar-refractivity contribution is 7.86. The van der Waals surface area contributed by atoms with Gasteiger partial charge in [-0.05, 0) is 67.8 Å². The Morgan fingerprint density at radius 2 is 1.57 bits per heavy atom. The van der Waals surface area contributed by atoms with Gasteiger partial charge in [0.15, 0.2) is 5.78 Å². The monoisotopic (exact) mass is 563 g/mol. The van der Waals surface area contributed by atoms with Gasteiger partial charge in [0.05, 0.1) is 17.1 Å². The number of rotatable bonds is 11. The maximum Gasteiger partial charge on any atom is 0.314 e. The fraction of sp³-hybridized carbons (Fsp3) is 0.214. The van der Waals surface area contributed by atoms with Crippen LogP contribution in [0.25, 0.3) is 6.08 Å². The number of anilines is 1. The lowest BCUT2D eigenvalue weighted by molar-refractivity contribution is -0.122. The van der Waals surface area contributed by atoms with E-state index in [9.17, 15) is 22.8 Å². The van der Waals surface area contributed by atoms with E-state index in [0.29, 0.717) is 22.6 Å². The lowest BCUT2D eigenvalue weighted by Gasteiger charge is -2.26. The first kappa shape index (κ1) is 28.6. The standard InChI is InChI=1S/C28H29N5O6S/c34-25(21-12-14-22(15-13-21)28(36)33-18-5-2-6-19-33)17-16-23-8-7-11-26(30-23)29-20-27(35)31-32-39-40(37,38)24-9-3-1-4-10-24/h1,3-4,7-17,32H,2,5-6,18-20H2,(H,29,30)(H,31,35). The van der Waals surface area contributed by atoms with Gasteiger partial charge in [-0.2, -0.15) is 12.7 Å². The number of pyridine rings is 1. The van der Waals surface area contributed by atoms with Gasteiger partial charge < -0.3 is 10.2 Å². The highest BCUT2D eigenvalue weighted by Crippen LogP contribution is 2.15. The lowest BCUT2D eigenvalue weighted by atomic mass is 10.1. The van der Waals surface area contributed by atoms with Crippen molar-refractivity contribution in [3.05, 3.63) is 95.7 Å². The lowest BCUT2D eigenvalue weighted by Crippen LogP contribution is -2.41. The molecule has 1 aliphatic heterocycles. The number of allylic oxidation sites excluding steroid dienone is 1. The van der Waals surface area contributed by atoms with Gasteiger partial charge in [-0.25, -0.2) is 4.98 Å². The zero-order valence-electron chi connectivity index (χ0n) is 21.6. The number of benzene rings is 2. The van der Waals surface area contributed by atoms with Gasteiger partial charge in [-0.1, -0.05) is 42.0 Å². The van der Waals surface area contributed by atoms with E-state index in [1.54, 1.807) is 66.7 Å². The van der Waals surface area contributed by atoms with Crippen LogP contribution in [0.15, 0.2) is 83.8 Å². The Kier molecular flexibility index (Phi) is 9.73. The van der Waals surface area contributed by atoms with E-state index in [0.717, 1.165) is 32.4 Å². The average molecular weight is 564 g/mol. The SMILES string of the molecule is O=C(CNc1cccc(C=CC(=O)c2ccc(C(=O)N3CCCCC3)cc2)n1)NNOS(=O)(=O)c1ccccc1. The largest absolute Gasteiger partial charge is 0.361 e. The summed E-state index contributed by atoms with van der Waals surface area (Å²) in [5.74, 6) is -0.503. The number of hydrogen-bond donors (Lipinski definition) is 3. The molecule has 12 heteroatoms. The third-order valence-electron chi connectivity index (χ3n) is 6.04. The molecule has 1 aromatic heterocycles. The van der Waals surface area contributed by atoms with Gasteiger partial charge in [0, 0.05) is 24.2 Å². The van der Waals surface area contributed by atoms with E-state index in [1.165, 1.54) is 18.2 Å². The van der Waals surface area contributed by atoms with Crippen molar-refractivity contribution in [3.8, 4) is 0 Å². The smallest absolute Gasteiger partial charge is 0.314 e. The Labute approximate surface area is 232 Å². The molecule has 3 aromatic rings. The molecule has 11 nitrogen and oxygen atoms in total. The van der Waals surface area contributed by atoms with Crippen LogP contribution < -0.4 is 16.3 Å². The summed E-state index contributed by atoms with van der Waals surface area (Å²) in [6.45, 7) is 1.29. The number of nitrogens with one attached hydrogen (secondary N) is 3. The summed E-state index contributed by atoms with van der Waals surface area (Å²) in [5.41, 5.74) is 5.53. The van der Waals surface area contributed by atoms with Crippen molar-refractivity contribution in [1.29, 1.82) is 0 Å². The quantitative estimate of drug-likeness (QED) is 0.182. The van der Waals surface area contributed by atoms with Gasteiger partial charge in [0.25, 0.3) is 11.8 Å². The first-order valence-electron chi connectivity index (χ1n) is 12.7. The molecule has 0 spiro atoms. The maximum atomic E-state index is 12.6. The van der Waals surface area contributed by atoms with Gasteiger partial charge in [0.2, 0.25) is 0 Å². The summed E-state index contributed by atoms with van der Waals surface area (Å²) in [7, 11) is -4.08. The zero-order chi connectivity index (χ0) is 28.4. The molecule has 40 heavy (non-hydrogen) atoms. The van der Waals surface area contributed by atoms with E-state index in [-0.39, 0.29) is 23.1 Å². The molecule has 1 fully saturated rings. The fourth-order valence-electron chi connectivity index (χ4n) is 3.94. The Hall–Kier alpha value is -4.39. The molecule has 2 heterocycles. The van der Waals surface area contributed by atoms with Crippen molar-refractivity contribution in [2.45, 2.75) is 24.2 Å². The second kappa shape index (κ2) is 13.6. The summed E-state index contributed by atoms with van der Waals surface area (Å²) >= 11 is 0. The molecule has 2 aromatic carbocycles. The van der Waals surface area contributed by atoms with E-state index in [2.05, 4.69) is 20.0 Å². The molecular weight excluding hydrogens is 534 g/mol. The Balaban J connectivity index is 1.24. The van der Waals surface area contributed by atoms with Gasteiger partial charge in [-0.3, -0.25) is 19.8 Å². The number of hydrazine groups is 1. The second-order valence-electron chi connectivity index (χ2n) is 8.93. The Morgan fingerprint density at radius 3 is 2.30 bits per heavy atom. The third kappa shape index (κ3) is 8.06. The number of amides is 2. The van der Waals surface area contributed by atoms with Crippen LogP contribution in [0.4, 0.5) is 5.82 Å². The van der Waals surface area contributed by atoms with Crippen LogP contribution in [-0.4, -0.2) is 55.5 Å². The summed E-state index contributed by atoms with van der Waals surface area (Å²) in [4.78, 5) is 43.4. The predicted octanol–water partition coefficient (Wildman–Crippen LogP) is 2.96. The minimum absolute atomic E-state index is 0.0167. The summed E-state index contributed by atoms with van der Waals surface area (Å²) < 4.78 is 28.6. The normalized spacial score (nSPS) is 13.7. The van der Waals surface area contributed by atoms with Crippen LogP contribution in [0.3, 0.4) is 0 Å². The molecule has 2 amide bonds. The molecule has 0 atom stereocenters. The molecule has 1 aliphatic rings. The number of carbonyl (C=O) groups is 3. The van der Waals surface area contributed by atoms with Crippen LogP contribution in [0.1, 0.15) is 45.7 Å². The maximum absolute atomic E-state index is 12.6. The number of nitrogens with zero attached hydrogens (tertiary/aromatic N) is 2. The van der Waals surface area contributed by atoms with Gasteiger partial charge in [-0.15, -0.1) is 0 Å². The minimum Gasteiger partial charge on any atom is -0.361 e. The number of hydrogen-bond acceptors (Lipinski definition) is 9. The Morgan fingerprint density at radius 1 is 0.875 bits per heavy atom. The number of piperidine rings is 1. The number of ketones is 1. The van der Waals surface area contributed by atoms with Gasteiger partial charge in [0.1, 0.15) is 5.82 Å². The van der Waals surface area contributed by atoms with Crippen molar-refractivity contribution in [3.63, 3.8) is 0 Å². The first-order valence-corrected chi connectivity index (χ1v) is 14.1. The van der Waals surface area contributed by atoms with Crippen LogP contribution >= 0.6 is 0 Å². The van der Waals surface area contributed by atoms with Crippen molar-refractivity contribution < 1.29 is 27.1 Å².